The largest absolute Gasteiger partial charge is 0.472 e. The number of nitro groups is 1. The fourth-order valence-electron chi connectivity index (χ4n) is 2.07. The predicted molar refractivity (Wildman–Crippen MR) is 87.8 cm³/mol. The summed E-state index contributed by atoms with van der Waals surface area (Å²) in [7, 11) is 0. The highest BCUT2D eigenvalue weighted by Gasteiger charge is 2.17. The molecule has 132 valence electrons. The molecule has 1 aromatic heterocycles. The first-order valence-electron chi connectivity index (χ1n) is 7.43. The lowest BCUT2D eigenvalue weighted by atomic mass is 10.1. The lowest BCUT2D eigenvalue weighted by molar-refractivity contribution is -0.384. The second-order valence-electron chi connectivity index (χ2n) is 5.33. The van der Waals surface area contributed by atoms with Crippen molar-refractivity contribution in [2.24, 2.45) is 0 Å². The number of aliphatic hydroxyl groups is 1. The molecule has 0 saturated heterocycles. The highest BCUT2D eigenvalue weighted by Crippen LogP contribution is 2.21. The number of amides is 2. The molecule has 0 aliphatic rings. The van der Waals surface area contributed by atoms with Crippen LogP contribution < -0.4 is 10.6 Å². The van der Waals surface area contributed by atoms with Crippen LogP contribution >= 0.6 is 0 Å². The number of rotatable bonds is 6. The van der Waals surface area contributed by atoms with Crippen molar-refractivity contribution in [3.8, 4) is 0 Å². The number of anilines is 1. The van der Waals surface area contributed by atoms with Gasteiger partial charge in [0.05, 0.1) is 29.2 Å². The number of carbonyl (C=O) groups excluding carboxylic acids is 2. The summed E-state index contributed by atoms with van der Waals surface area (Å²) in [5, 5.41) is 25.3. The van der Waals surface area contributed by atoms with E-state index in [1.807, 2.05) is 0 Å². The average molecular weight is 347 g/mol. The number of nitrogens with one attached hydrogen (secondary N) is 2. The van der Waals surface area contributed by atoms with Crippen LogP contribution in [0.15, 0.2) is 41.2 Å². The zero-order valence-electron chi connectivity index (χ0n) is 13.4. The van der Waals surface area contributed by atoms with E-state index in [1.54, 1.807) is 13.0 Å². The minimum atomic E-state index is -0.943. The molecule has 9 heteroatoms. The van der Waals surface area contributed by atoms with Crippen LogP contribution in [0.25, 0.3) is 0 Å². The first-order chi connectivity index (χ1) is 11.9. The van der Waals surface area contributed by atoms with Gasteiger partial charge in [0.25, 0.3) is 5.69 Å². The average Bonchev–Trinajstić information content (AvgIpc) is 3.10. The summed E-state index contributed by atoms with van der Waals surface area (Å²) in [6, 6.07) is 5.57. The molecule has 1 unspecified atom stereocenters. The van der Waals surface area contributed by atoms with Crippen LogP contribution in [0.3, 0.4) is 0 Å². The molecule has 0 spiro atoms. The van der Waals surface area contributed by atoms with E-state index in [4.69, 9.17) is 4.42 Å². The van der Waals surface area contributed by atoms with Crippen LogP contribution in [0.5, 0.6) is 0 Å². The van der Waals surface area contributed by atoms with Gasteiger partial charge in [-0.05, 0) is 25.0 Å². The number of hydrogen-bond acceptors (Lipinski definition) is 6. The molecule has 1 heterocycles. The topological polar surface area (TPSA) is 135 Å². The van der Waals surface area contributed by atoms with Gasteiger partial charge in [-0.15, -0.1) is 0 Å². The Kier molecular flexibility index (Phi) is 5.85. The van der Waals surface area contributed by atoms with Gasteiger partial charge in [-0.3, -0.25) is 19.7 Å². The van der Waals surface area contributed by atoms with E-state index in [0.29, 0.717) is 11.1 Å². The zero-order chi connectivity index (χ0) is 18.4. The molecule has 2 rings (SSSR count). The molecular weight excluding hydrogens is 330 g/mol. The van der Waals surface area contributed by atoms with Gasteiger partial charge in [-0.25, -0.2) is 0 Å². The fourth-order valence-corrected chi connectivity index (χ4v) is 2.07. The van der Waals surface area contributed by atoms with E-state index >= 15 is 0 Å². The fraction of sp³-hybridized carbons (Fsp3) is 0.250. The molecular formula is C16H17N3O6. The predicted octanol–water partition coefficient (Wildman–Crippen LogP) is 1.67. The van der Waals surface area contributed by atoms with Crippen molar-refractivity contribution in [2.75, 3.05) is 11.9 Å². The van der Waals surface area contributed by atoms with Crippen molar-refractivity contribution in [3.63, 3.8) is 0 Å². The summed E-state index contributed by atoms with van der Waals surface area (Å²) in [6.07, 6.45) is 2.20. The van der Waals surface area contributed by atoms with E-state index in [-0.39, 0.29) is 24.3 Å². The van der Waals surface area contributed by atoms with Crippen molar-refractivity contribution in [2.45, 2.75) is 19.4 Å². The summed E-state index contributed by atoms with van der Waals surface area (Å²) in [5.74, 6) is -1.84. The van der Waals surface area contributed by atoms with Crippen molar-refractivity contribution in [1.82, 2.24) is 5.32 Å². The second kappa shape index (κ2) is 8.06. The van der Waals surface area contributed by atoms with Crippen molar-refractivity contribution >= 4 is 23.2 Å². The molecule has 1 aromatic carbocycles. The Balaban J connectivity index is 1.87. The zero-order valence-corrected chi connectivity index (χ0v) is 13.4. The Labute approximate surface area is 142 Å². The van der Waals surface area contributed by atoms with Gasteiger partial charge in [0, 0.05) is 24.2 Å². The maximum absolute atomic E-state index is 11.9. The van der Waals surface area contributed by atoms with E-state index in [1.165, 1.54) is 30.7 Å². The first-order valence-corrected chi connectivity index (χ1v) is 7.43. The quantitative estimate of drug-likeness (QED) is 0.413. The second-order valence-corrected chi connectivity index (χ2v) is 5.33. The highest BCUT2D eigenvalue weighted by atomic mass is 16.6. The SMILES string of the molecule is Cc1ccc([N+](=O)[O-])cc1NC(=O)C(=O)NCCC(O)c1ccoc1. The number of aryl methyl sites for hydroxylation is 1. The Hall–Kier alpha value is -3.20. The lowest BCUT2D eigenvalue weighted by Crippen LogP contribution is -2.36. The summed E-state index contributed by atoms with van der Waals surface area (Å²) in [6.45, 7) is 1.73. The monoisotopic (exact) mass is 347 g/mol. The summed E-state index contributed by atoms with van der Waals surface area (Å²) in [4.78, 5) is 33.8. The Morgan fingerprint density at radius 2 is 2.08 bits per heavy atom. The van der Waals surface area contributed by atoms with E-state index in [9.17, 15) is 24.8 Å². The molecule has 3 N–H and O–H groups in total. The van der Waals surface area contributed by atoms with Crippen molar-refractivity contribution in [1.29, 1.82) is 0 Å². The van der Waals surface area contributed by atoms with E-state index in [2.05, 4.69) is 10.6 Å². The van der Waals surface area contributed by atoms with Crippen LogP contribution in [0.2, 0.25) is 0 Å². The molecule has 0 aliphatic carbocycles. The number of aliphatic hydroxyl groups excluding tert-OH is 1. The van der Waals surface area contributed by atoms with Gasteiger partial charge >= 0.3 is 11.8 Å². The number of hydrogen-bond donors (Lipinski definition) is 3. The summed E-state index contributed by atoms with van der Waals surface area (Å²) < 4.78 is 4.85. The first kappa shape index (κ1) is 18.1. The van der Waals surface area contributed by atoms with Gasteiger partial charge in [0.2, 0.25) is 0 Å². The Bertz CT molecular complexity index is 772. The van der Waals surface area contributed by atoms with Gasteiger partial charge < -0.3 is 20.2 Å². The molecule has 0 saturated carbocycles. The number of furan rings is 1. The maximum atomic E-state index is 11.9. The molecule has 9 nitrogen and oxygen atoms in total. The number of carbonyl (C=O) groups is 2. The molecule has 0 radical (unpaired) electrons. The molecule has 2 amide bonds. The molecule has 2 aromatic rings. The third-order valence-corrected chi connectivity index (χ3v) is 3.52. The number of benzene rings is 1. The highest BCUT2D eigenvalue weighted by molar-refractivity contribution is 6.39. The minimum absolute atomic E-state index is 0.0759. The van der Waals surface area contributed by atoms with Crippen LogP contribution in [-0.4, -0.2) is 28.4 Å². The molecule has 1 atom stereocenters. The Morgan fingerprint density at radius 3 is 2.72 bits per heavy atom. The summed E-state index contributed by atoms with van der Waals surface area (Å²) in [5.41, 5.74) is 1.16. The molecule has 0 aliphatic heterocycles. The maximum Gasteiger partial charge on any atom is 0.313 e. The van der Waals surface area contributed by atoms with E-state index < -0.39 is 22.8 Å². The minimum Gasteiger partial charge on any atom is -0.472 e. The number of nitro benzene ring substituents is 1. The smallest absolute Gasteiger partial charge is 0.313 e. The van der Waals surface area contributed by atoms with E-state index in [0.717, 1.165) is 0 Å². The molecule has 25 heavy (non-hydrogen) atoms. The summed E-state index contributed by atoms with van der Waals surface area (Å²) >= 11 is 0. The van der Waals surface area contributed by atoms with Crippen LogP contribution in [0, 0.1) is 17.0 Å². The van der Waals surface area contributed by atoms with Crippen molar-refractivity contribution < 1.29 is 24.0 Å². The van der Waals surface area contributed by atoms with Gasteiger partial charge in [-0.2, -0.15) is 0 Å². The third-order valence-electron chi connectivity index (χ3n) is 3.52. The standard InChI is InChI=1S/C16H17N3O6/c1-10-2-3-12(19(23)24)8-13(10)18-16(22)15(21)17-6-4-14(20)11-5-7-25-9-11/h2-3,5,7-9,14,20H,4,6H2,1H3,(H,17,21)(H,18,22). The van der Waals surface area contributed by atoms with Crippen LogP contribution in [-0.2, 0) is 9.59 Å². The van der Waals surface area contributed by atoms with Crippen LogP contribution in [0.1, 0.15) is 23.7 Å². The molecule has 0 fully saturated rings. The molecule has 0 bridgehead atoms. The van der Waals surface area contributed by atoms with Crippen molar-refractivity contribution in [3.05, 3.63) is 58.0 Å². The van der Waals surface area contributed by atoms with Gasteiger partial charge in [0.1, 0.15) is 0 Å². The third kappa shape index (κ3) is 4.88. The number of non-ortho nitro benzene ring substituents is 1. The normalized spacial score (nSPS) is 11.6. The Morgan fingerprint density at radius 1 is 1.32 bits per heavy atom. The van der Waals surface area contributed by atoms with Gasteiger partial charge in [-0.1, -0.05) is 6.07 Å². The number of nitrogens with zero attached hydrogens (tertiary/aromatic N) is 1. The van der Waals surface area contributed by atoms with Gasteiger partial charge in [0.15, 0.2) is 0 Å². The van der Waals surface area contributed by atoms with Crippen LogP contribution in [0.4, 0.5) is 11.4 Å². The lowest BCUT2D eigenvalue weighted by Gasteiger charge is -2.10.